The van der Waals surface area contributed by atoms with E-state index in [0.717, 1.165) is 6.42 Å². The van der Waals surface area contributed by atoms with Crippen LogP contribution >= 0.6 is 11.3 Å². The van der Waals surface area contributed by atoms with Crippen molar-refractivity contribution < 1.29 is 19.4 Å². The van der Waals surface area contributed by atoms with E-state index in [-0.39, 0.29) is 24.2 Å². The number of carboxylic acid groups (broad SMARTS) is 1. The topological polar surface area (TPSA) is 88.5 Å². The molecule has 0 saturated carbocycles. The Morgan fingerprint density at radius 1 is 1.43 bits per heavy atom. The smallest absolute Gasteiger partial charge is 0.355 e. The number of nitrogens with one attached hydrogen (secondary N) is 1. The molecule has 1 aromatic heterocycles. The molecule has 0 fully saturated rings. The van der Waals surface area contributed by atoms with Crippen LogP contribution in [-0.4, -0.2) is 34.7 Å². The Morgan fingerprint density at radius 3 is 2.71 bits per heavy atom. The van der Waals surface area contributed by atoms with E-state index in [4.69, 9.17) is 9.84 Å². The number of carbonyl (C=O) groups excluding carboxylic acids is 1. The molecule has 1 rings (SSSR count). The summed E-state index contributed by atoms with van der Waals surface area (Å²) in [6.45, 7) is 6.90. The summed E-state index contributed by atoms with van der Waals surface area (Å²) in [5.74, 6) is -0.614. The van der Waals surface area contributed by atoms with Crippen molar-refractivity contribution in [2.45, 2.75) is 46.3 Å². The van der Waals surface area contributed by atoms with Gasteiger partial charge in [0.1, 0.15) is 5.01 Å². The highest BCUT2D eigenvalue weighted by atomic mass is 32.1. The van der Waals surface area contributed by atoms with Gasteiger partial charge in [0, 0.05) is 11.8 Å². The third-order valence-corrected chi connectivity index (χ3v) is 3.59. The fourth-order valence-electron chi connectivity index (χ4n) is 1.84. The molecule has 1 aromatic rings. The number of carbonyl (C=O) groups is 2. The number of ether oxygens (including phenoxy) is 1. The summed E-state index contributed by atoms with van der Waals surface area (Å²) in [4.78, 5) is 26.2. The molecule has 21 heavy (non-hydrogen) atoms. The largest absolute Gasteiger partial charge is 0.476 e. The van der Waals surface area contributed by atoms with Crippen LogP contribution in [0.3, 0.4) is 0 Å². The van der Waals surface area contributed by atoms with E-state index in [1.165, 1.54) is 16.7 Å². The number of amides is 1. The fraction of sp³-hybridized carbons (Fsp3) is 0.643. The lowest BCUT2D eigenvalue weighted by atomic mass is 10.1. The number of carboxylic acids is 1. The summed E-state index contributed by atoms with van der Waals surface area (Å²) in [5, 5.41) is 13.5. The Balaban J connectivity index is 2.20. The highest BCUT2D eigenvalue weighted by molar-refractivity contribution is 7.09. The molecule has 1 amide bonds. The van der Waals surface area contributed by atoms with Crippen LogP contribution in [0.5, 0.6) is 0 Å². The molecule has 7 heteroatoms. The molecule has 2 N–H and O–H groups in total. The van der Waals surface area contributed by atoms with E-state index in [9.17, 15) is 9.59 Å². The first-order valence-electron chi connectivity index (χ1n) is 6.94. The monoisotopic (exact) mass is 314 g/mol. The minimum Gasteiger partial charge on any atom is -0.476 e. The summed E-state index contributed by atoms with van der Waals surface area (Å²) in [5.41, 5.74) is 0.00934. The van der Waals surface area contributed by atoms with Gasteiger partial charge in [-0.25, -0.2) is 9.78 Å². The summed E-state index contributed by atoms with van der Waals surface area (Å²) < 4.78 is 5.56. The van der Waals surface area contributed by atoms with Gasteiger partial charge in [0.2, 0.25) is 5.91 Å². The van der Waals surface area contributed by atoms with Crippen LogP contribution in [0.2, 0.25) is 0 Å². The molecular weight excluding hydrogens is 292 g/mol. The molecule has 0 bridgehead atoms. The van der Waals surface area contributed by atoms with Crippen LogP contribution in [0.15, 0.2) is 5.38 Å². The SMILES string of the molecule is CC(C)CC(C)OCCC(=O)NCc1nc(C(=O)O)cs1. The van der Waals surface area contributed by atoms with Crippen molar-refractivity contribution in [2.75, 3.05) is 6.61 Å². The summed E-state index contributed by atoms with van der Waals surface area (Å²) >= 11 is 1.22. The minimum absolute atomic E-state index is 0.00934. The number of nitrogens with zero attached hydrogens (tertiary/aromatic N) is 1. The van der Waals surface area contributed by atoms with E-state index >= 15 is 0 Å². The highest BCUT2D eigenvalue weighted by Gasteiger charge is 2.10. The summed E-state index contributed by atoms with van der Waals surface area (Å²) in [6.07, 6.45) is 1.41. The molecule has 0 aliphatic rings. The van der Waals surface area contributed by atoms with Gasteiger partial charge in [-0.3, -0.25) is 4.79 Å². The van der Waals surface area contributed by atoms with Crippen LogP contribution < -0.4 is 5.32 Å². The first-order chi connectivity index (χ1) is 9.88. The van der Waals surface area contributed by atoms with Crippen molar-refractivity contribution in [3.8, 4) is 0 Å². The Bertz CT molecular complexity index is 473. The lowest BCUT2D eigenvalue weighted by Gasteiger charge is -2.14. The van der Waals surface area contributed by atoms with E-state index in [1.807, 2.05) is 6.92 Å². The minimum atomic E-state index is -1.06. The Hall–Kier alpha value is -1.47. The van der Waals surface area contributed by atoms with Gasteiger partial charge in [0.05, 0.1) is 19.3 Å². The maximum absolute atomic E-state index is 11.6. The highest BCUT2D eigenvalue weighted by Crippen LogP contribution is 2.10. The summed E-state index contributed by atoms with van der Waals surface area (Å²) in [7, 11) is 0. The average molecular weight is 314 g/mol. The van der Waals surface area contributed by atoms with Crippen molar-refractivity contribution in [3.63, 3.8) is 0 Å². The maximum Gasteiger partial charge on any atom is 0.355 e. The molecule has 0 spiro atoms. The van der Waals surface area contributed by atoms with Crippen LogP contribution in [0.1, 0.15) is 49.1 Å². The Labute approximate surface area is 128 Å². The second kappa shape index (κ2) is 8.74. The number of hydrogen-bond donors (Lipinski definition) is 2. The van der Waals surface area contributed by atoms with Gasteiger partial charge in [-0.05, 0) is 19.3 Å². The second-order valence-electron chi connectivity index (χ2n) is 5.27. The zero-order chi connectivity index (χ0) is 15.8. The van der Waals surface area contributed by atoms with Gasteiger partial charge >= 0.3 is 5.97 Å². The van der Waals surface area contributed by atoms with Crippen molar-refractivity contribution in [3.05, 3.63) is 16.1 Å². The lowest BCUT2D eigenvalue weighted by molar-refractivity contribution is -0.122. The number of thiazole rings is 1. The molecule has 0 saturated heterocycles. The van der Waals surface area contributed by atoms with Gasteiger partial charge in [-0.1, -0.05) is 13.8 Å². The van der Waals surface area contributed by atoms with Gasteiger partial charge in [0.15, 0.2) is 5.69 Å². The maximum atomic E-state index is 11.6. The van der Waals surface area contributed by atoms with Gasteiger partial charge in [-0.15, -0.1) is 11.3 Å². The number of rotatable bonds is 9. The van der Waals surface area contributed by atoms with Crippen molar-refractivity contribution in [1.82, 2.24) is 10.3 Å². The lowest BCUT2D eigenvalue weighted by Crippen LogP contribution is -2.25. The standard InChI is InChI=1S/C14H22N2O4S/c1-9(2)6-10(3)20-5-4-12(17)15-7-13-16-11(8-21-13)14(18)19/h8-10H,4-7H2,1-3H3,(H,15,17)(H,18,19). The first-order valence-corrected chi connectivity index (χ1v) is 7.82. The Kier molecular flexibility index (Phi) is 7.31. The van der Waals surface area contributed by atoms with Crippen LogP contribution in [0, 0.1) is 5.92 Å². The molecular formula is C14H22N2O4S. The van der Waals surface area contributed by atoms with Gasteiger partial charge in [-0.2, -0.15) is 0 Å². The molecule has 0 aromatic carbocycles. The van der Waals surface area contributed by atoms with E-state index in [0.29, 0.717) is 24.0 Å². The zero-order valence-electron chi connectivity index (χ0n) is 12.6. The molecule has 118 valence electrons. The molecule has 0 radical (unpaired) electrons. The van der Waals surface area contributed by atoms with Crippen LogP contribution in [0.4, 0.5) is 0 Å². The zero-order valence-corrected chi connectivity index (χ0v) is 13.4. The van der Waals surface area contributed by atoms with Crippen molar-refractivity contribution in [2.24, 2.45) is 5.92 Å². The number of aromatic nitrogens is 1. The number of hydrogen-bond acceptors (Lipinski definition) is 5. The first kappa shape index (κ1) is 17.6. The van der Waals surface area contributed by atoms with Crippen molar-refractivity contribution >= 4 is 23.2 Å². The molecule has 1 heterocycles. The third kappa shape index (κ3) is 7.19. The van der Waals surface area contributed by atoms with Crippen molar-refractivity contribution in [1.29, 1.82) is 0 Å². The van der Waals surface area contributed by atoms with Gasteiger partial charge in [0.25, 0.3) is 0 Å². The predicted octanol–water partition coefficient (Wildman–Crippen LogP) is 2.30. The second-order valence-corrected chi connectivity index (χ2v) is 6.21. The molecule has 6 nitrogen and oxygen atoms in total. The number of aromatic carboxylic acids is 1. The average Bonchev–Trinajstić information content (AvgIpc) is 2.84. The van der Waals surface area contributed by atoms with Crippen LogP contribution in [-0.2, 0) is 16.1 Å². The molecule has 1 atom stereocenters. The van der Waals surface area contributed by atoms with Crippen LogP contribution in [0.25, 0.3) is 0 Å². The van der Waals surface area contributed by atoms with E-state index in [1.54, 1.807) is 0 Å². The van der Waals surface area contributed by atoms with Gasteiger partial charge < -0.3 is 15.2 Å². The fourth-order valence-corrected chi connectivity index (χ4v) is 2.55. The Morgan fingerprint density at radius 2 is 2.14 bits per heavy atom. The van der Waals surface area contributed by atoms with E-state index in [2.05, 4.69) is 24.1 Å². The molecule has 1 unspecified atom stereocenters. The predicted molar refractivity (Wildman–Crippen MR) is 80.4 cm³/mol. The third-order valence-electron chi connectivity index (χ3n) is 2.74. The van der Waals surface area contributed by atoms with E-state index < -0.39 is 5.97 Å². The molecule has 0 aliphatic heterocycles. The normalized spacial score (nSPS) is 12.4. The molecule has 0 aliphatic carbocycles. The summed E-state index contributed by atoms with van der Waals surface area (Å²) in [6, 6.07) is 0. The quantitative estimate of drug-likeness (QED) is 0.730.